The molecule has 3 nitrogen and oxygen atoms in total. The summed E-state index contributed by atoms with van der Waals surface area (Å²) in [5, 5.41) is 11.2. The van der Waals surface area contributed by atoms with Gasteiger partial charge in [0.25, 0.3) is 0 Å². The Morgan fingerprint density at radius 1 is 1.15 bits per heavy atom. The molecule has 1 unspecified atom stereocenters. The summed E-state index contributed by atoms with van der Waals surface area (Å²) < 4.78 is 5.45. The standard InChI is InChI=1S/C22H23ClN2OS/c23-18-6-7-19-17(14-18)15-27-21-5-2-1-4-20(21)22(19,16-24)8-3-9-25-10-12-26-13-11-25/h1-2,4-7,14H,3,8-13,15H2. The van der Waals surface area contributed by atoms with Crippen LogP contribution in [0.5, 0.6) is 0 Å². The summed E-state index contributed by atoms with van der Waals surface area (Å²) in [5.74, 6) is 0.847. The first kappa shape index (κ1) is 18.8. The van der Waals surface area contributed by atoms with Crippen LogP contribution in [0.2, 0.25) is 5.02 Å². The number of rotatable bonds is 4. The third-order valence-corrected chi connectivity index (χ3v) is 6.94. The molecule has 2 aromatic rings. The van der Waals surface area contributed by atoms with E-state index in [0.29, 0.717) is 0 Å². The van der Waals surface area contributed by atoms with Crippen molar-refractivity contribution in [3.8, 4) is 6.07 Å². The molecule has 140 valence electrons. The first-order chi connectivity index (χ1) is 13.2. The molecule has 0 radical (unpaired) electrons. The summed E-state index contributed by atoms with van der Waals surface area (Å²) >= 11 is 8.08. The highest BCUT2D eigenvalue weighted by atomic mass is 35.5. The fourth-order valence-corrected chi connectivity index (χ4v) is 5.50. The van der Waals surface area contributed by atoms with Gasteiger partial charge in [0.1, 0.15) is 5.41 Å². The third kappa shape index (κ3) is 3.75. The van der Waals surface area contributed by atoms with Crippen molar-refractivity contribution in [2.45, 2.75) is 28.9 Å². The maximum atomic E-state index is 10.4. The van der Waals surface area contributed by atoms with Crippen LogP contribution in [0.4, 0.5) is 0 Å². The molecule has 1 atom stereocenters. The monoisotopic (exact) mass is 398 g/mol. The van der Waals surface area contributed by atoms with Gasteiger partial charge in [-0.1, -0.05) is 35.9 Å². The van der Waals surface area contributed by atoms with E-state index in [-0.39, 0.29) is 0 Å². The lowest BCUT2D eigenvalue weighted by molar-refractivity contribution is 0.0368. The number of benzene rings is 2. The zero-order valence-corrected chi connectivity index (χ0v) is 16.9. The third-order valence-electron chi connectivity index (χ3n) is 5.58. The molecule has 0 aromatic heterocycles. The van der Waals surface area contributed by atoms with Gasteiger partial charge in [0.05, 0.1) is 19.3 Å². The van der Waals surface area contributed by atoms with E-state index in [1.165, 1.54) is 10.5 Å². The summed E-state index contributed by atoms with van der Waals surface area (Å²) in [6, 6.07) is 17.1. The molecule has 2 aliphatic rings. The van der Waals surface area contributed by atoms with Crippen LogP contribution < -0.4 is 0 Å². The van der Waals surface area contributed by atoms with E-state index in [1.807, 2.05) is 18.2 Å². The van der Waals surface area contributed by atoms with Crippen LogP contribution in [0.1, 0.15) is 29.5 Å². The van der Waals surface area contributed by atoms with Crippen LogP contribution in [0.25, 0.3) is 0 Å². The highest BCUT2D eigenvalue weighted by Gasteiger charge is 2.39. The molecule has 2 heterocycles. The molecule has 2 aliphatic heterocycles. The number of nitriles is 1. The predicted molar refractivity (Wildman–Crippen MR) is 110 cm³/mol. The lowest BCUT2D eigenvalue weighted by atomic mass is 9.71. The second-order valence-corrected chi connectivity index (χ2v) is 8.61. The highest BCUT2D eigenvalue weighted by molar-refractivity contribution is 7.98. The van der Waals surface area contributed by atoms with Crippen molar-refractivity contribution in [3.05, 3.63) is 64.2 Å². The highest BCUT2D eigenvalue weighted by Crippen LogP contribution is 2.47. The van der Waals surface area contributed by atoms with Crippen LogP contribution >= 0.6 is 23.4 Å². The van der Waals surface area contributed by atoms with Gasteiger partial charge in [0.2, 0.25) is 0 Å². The number of fused-ring (bicyclic) bond motifs is 2. The van der Waals surface area contributed by atoms with E-state index in [9.17, 15) is 5.26 Å². The molecule has 0 N–H and O–H groups in total. The van der Waals surface area contributed by atoms with Gasteiger partial charge in [0.15, 0.2) is 0 Å². The lowest BCUT2D eigenvalue weighted by Gasteiger charge is -2.31. The van der Waals surface area contributed by atoms with Crippen molar-refractivity contribution in [1.29, 1.82) is 5.26 Å². The Hall–Kier alpha value is -1.51. The molecule has 2 aromatic carbocycles. The minimum atomic E-state index is -0.619. The normalized spacial score (nSPS) is 22.4. The van der Waals surface area contributed by atoms with E-state index in [1.54, 1.807) is 11.8 Å². The summed E-state index contributed by atoms with van der Waals surface area (Å²) in [7, 11) is 0. The molecule has 27 heavy (non-hydrogen) atoms. The number of thioether (sulfide) groups is 1. The van der Waals surface area contributed by atoms with Gasteiger partial charge in [-0.15, -0.1) is 11.8 Å². The van der Waals surface area contributed by atoms with Crippen LogP contribution in [-0.2, 0) is 15.9 Å². The topological polar surface area (TPSA) is 36.3 Å². The Morgan fingerprint density at radius 3 is 2.78 bits per heavy atom. The van der Waals surface area contributed by atoms with Gasteiger partial charge in [-0.25, -0.2) is 0 Å². The van der Waals surface area contributed by atoms with Crippen molar-refractivity contribution in [3.63, 3.8) is 0 Å². The van der Waals surface area contributed by atoms with Gasteiger partial charge < -0.3 is 4.74 Å². The lowest BCUT2D eigenvalue weighted by Crippen LogP contribution is -2.37. The quantitative estimate of drug-likeness (QED) is 0.736. The second kappa shape index (κ2) is 8.24. The van der Waals surface area contributed by atoms with Gasteiger partial charge in [-0.2, -0.15) is 5.26 Å². The Labute approximate surface area is 170 Å². The zero-order chi connectivity index (χ0) is 18.7. The molecule has 4 rings (SSSR count). The molecule has 1 fully saturated rings. The number of hydrogen-bond donors (Lipinski definition) is 0. The maximum Gasteiger partial charge on any atom is 0.109 e. The Kier molecular flexibility index (Phi) is 5.75. The zero-order valence-electron chi connectivity index (χ0n) is 15.3. The summed E-state index contributed by atoms with van der Waals surface area (Å²) in [6.07, 6.45) is 1.79. The summed E-state index contributed by atoms with van der Waals surface area (Å²) in [6.45, 7) is 4.59. The molecule has 0 aliphatic carbocycles. The first-order valence-corrected chi connectivity index (χ1v) is 10.8. The summed E-state index contributed by atoms with van der Waals surface area (Å²) in [5.41, 5.74) is 2.82. The molecule has 5 heteroatoms. The van der Waals surface area contributed by atoms with Crippen LogP contribution in [0.3, 0.4) is 0 Å². The molecular formula is C22H23ClN2OS. The van der Waals surface area contributed by atoms with Gasteiger partial charge >= 0.3 is 0 Å². The van der Waals surface area contributed by atoms with Crippen molar-refractivity contribution in [2.75, 3.05) is 32.8 Å². The van der Waals surface area contributed by atoms with E-state index < -0.39 is 5.41 Å². The largest absolute Gasteiger partial charge is 0.379 e. The smallest absolute Gasteiger partial charge is 0.109 e. The minimum Gasteiger partial charge on any atom is -0.379 e. The molecule has 0 amide bonds. The van der Waals surface area contributed by atoms with Gasteiger partial charge in [0, 0.05) is 28.8 Å². The minimum absolute atomic E-state index is 0.619. The Morgan fingerprint density at radius 2 is 1.96 bits per heavy atom. The number of hydrogen-bond acceptors (Lipinski definition) is 4. The maximum absolute atomic E-state index is 10.4. The fourth-order valence-electron chi connectivity index (χ4n) is 4.18. The predicted octanol–water partition coefficient (Wildman–Crippen LogP) is 4.87. The number of ether oxygens (including phenoxy) is 1. The van der Waals surface area contributed by atoms with E-state index in [4.69, 9.17) is 16.3 Å². The Balaban J connectivity index is 1.69. The van der Waals surface area contributed by atoms with E-state index >= 15 is 0 Å². The second-order valence-electron chi connectivity index (χ2n) is 7.16. The van der Waals surface area contributed by atoms with E-state index in [2.05, 4.69) is 35.2 Å². The fraction of sp³-hybridized carbons (Fsp3) is 0.409. The first-order valence-electron chi connectivity index (χ1n) is 9.45. The number of nitrogens with zero attached hydrogens (tertiary/aromatic N) is 2. The van der Waals surface area contributed by atoms with Crippen molar-refractivity contribution in [2.24, 2.45) is 0 Å². The van der Waals surface area contributed by atoms with Gasteiger partial charge in [-0.05, 0) is 54.3 Å². The number of morpholine rings is 1. The molecule has 0 bridgehead atoms. The van der Waals surface area contributed by atoms with Crippen molar-refractivity contribution < 1.29 is 4.74 Å². The molecule has 1 saturated heterocycles. The Bertz CT molecular complexity index is 860. The van der Waals surface area contributed by atoms with Crippen LogP contribution in [0, 0.1) is 11.3 Å². The number of halogens is 1. The van der Waals surface area contributed by atoms with Gasteiger partial charge in [-0.3, -0.25) is 4.90 Å². The average Bonchev–Trinajstić information content (AvgIpc) is 2.84. The molecule has 0 saturated carbocycles. The van der Waals surface area contributed by atoms with Crippen LogP contribution in [0.15, 0.2) is 47.4 Å². The average molecular weight is 399 g/mol. The van der Waals surface area contributed by atoms with Crippen molar-refractivity contribution >= 4 is 23.4 Å². The molecule has 0 spiro atoms. The molecular weight excluding hydrogens is 376 g/mol. The summed E-state index contributed by atoms with van der Waals surface area (Å²) in [4.78, 5) is 3.65. The SMILES string of the molecule is N#CC1(CCCN2CCOCC2)c2ccc(Cl)cc2CSc2ccccc21. The van der Waals surface area contributed by atoms with Crippen molar-refractivity contribution in [1.82, 2.24) is 4.90 Å². The van der Waals surface area contributed by atoms with Crippen LogP contribution in [-0.4, -0.2) is 37.7 Å². The van der Waals surface area contributed by atoms with E-state index in [0.717, 1.165) is 67.6 Å².